The van der Waals surface area contributed by atoms with Crippen LogP contribution in [-0.4, -0.2) is 11.9 Å². The molecule has 0 spiro atoms. The quantitative estimate of drug-likeness (QED) is 0.205. The average molecular weight is 468 g/mol. The molecule has 0 heterocycles. The first-order chi connectivity index (χ1) is 16.3. The first-order valence-corrected chi connectivity index (χ1v) is 10.7. The molecule has 4 nitrogen and oxygen atoms in total. The summed E-state index contributed by atoms with van der Waals surface area (Å²) in [6, 6.07) is 17.8. The number of alkyl halides is 3. The second-order valence-electron chi connectivity index (χ2n) is 7.51. The van der Waals surface area contributed by atoms with Crippen molar-refractivity contribution in [1.82, 2.24) is 0 Å². The second kappa shape index (κ2) is 11.3. The normalized spacial score (nSPS) is 11.4. The third-order valence-corrected chi connectivity index (χ3v) is 4.90. The van der Waals surface area contributed by atoms with Gasteiger partial charge in [-0.2, -0.15) is 13.2 Å². The molecule has 7 heteroatoms. The molecule has 3 aromatic rings. The van der Waals surface area contributed by atoms with Crippen LogP contribution in [0.1, 0.15) is 46.8 Å². The van der Waals surface area contributed by atoms with E-state index in [1.807, 2.05) is 12.1 Å². The molecule has 0 saturated carbocycles. The van der Waals surface area contributed by atoms with Crippen LogP contribution in [0, 0.1) is 0 Å². The molecule has 0 aliphatic carbocycles. The molecule has 0 aliphatic rings. The highest BCUT2D eigenvalue weighted by molar-refractivity contribution is 5.92. The van der Waals surface area contributed by atoms with Gasteiger partial charge in [0, 0.05) is 6.08 Å². The highest BCUT2D eigenvalue weighted by atomic mass is 19.4. The molecule has 0 bridgehead atoms. The van der Waals surface area contributed by atoms with E-state index in [0.29, 0.717) is 5.56 Å². The Hall–Kier alpha value is -3.87. The molecule has 3 aromatic carbocycles. The van der Waals surface area contributed by atoms with Gasteiger partial charge >= 0.3 is 18.1 Å². The summed E-state index contributed by atoms with van der Waals surface area (Å²) in [6.07, 6.45) is 0.802. The highest BCUT2D eigenvalue weighted by Crippen LogP contribution is 2.30. The standard InChI is InChI=1S/C27H23F3O4/c1-2-3-7-19-12-15-21(16-13-19)26(32)34-24-11-5-4-10-23(24)33-25(31)17-14-20-8-6-9-22(18-20)27(28,29)30/h4-6,8-18H,2-3,7H2,1H3/b17-14+. The van der Waals surface area contributed by atoms with Gasteiger partial charge in [-0.15, -0.1) is 0 Å². The molecule has 0 aliphatic heterocycles. The molecule has 0 unspecified atom stereocenters. The number of ether oxygens (including phenoxy) is 2. The Morgan fingerprint density at radius 2 is 1.56 bits per heavy atom. The fourth-order valence-corrected chi connectivity index (χ4v) is 3.09. The van der Waals surface area contributed by atoms with Gasteiger partial charge in [0.05, 0.1) is 11.1 Å². The number of aryl methyl sites for hydroxylation is 1. The molecular weight excluding hydrogens is 445 g/mol. The number of unbranched alkanes of at least 4 members (excludes halogenated alkanes) is 1. The third kappa shape index (κ3) is 7.07. The zero-order valence-corrected chi connectivity index (χ0v) is 18.5. The summed E-state index contributed by atoms with van der Waals surface area (Å²) in [5.74, 6) is -1.39. The summed E-state index contributed by atoms with van der Waals surface area (Å²) in [6.45, 7) is 2.11. The van der Waals surface area contributed by atoms with Crippen molar-refractivity contribution >= 4 is 18.0 Å². The van der Waals surface area contributed by atoms with Crippen molar-refractivity contribution < 1.29 is 32.2 Å². The molecule has 0 aromatic heterocycles. The van der Waals surface area contributed by atoms with E-state index in [0.717, 1.165) is 43.0 Å². The van der Waals surface area contributed by atoms with E-state index in [-0.39, 0.29) is 17.1 Å². The smallest absolute Gasteiger partial charge is 0.416 e. The molecule has 0 saturated heterocycles. The van der Waals surface area contributed by atoms with Crippen molar-refractivity contribution in [2.45, 2.75) is 32.4 Å². The maximum absolute atomic E-state index is 12.8. The fourth-order valence-electron chi connectivity index (χ4n) is 3.09. The van der Waals surface area contributed by atoms with E-state index in [2.05, 4.69) is 6.92 Å². The Kier molecular flexibility index (Phi) is 8.24. The van der Waals surface area contributed by atoms with Crippen molar-refractivity contribution in [3.63, 3.8) is 0 Å². The molecule has 0 amide bonds. The van der Waals surface area contributed by atoms with Gasteiger partial charge in [-0.3, -0.25) is 0 Å². The van der Waals surface area contributed by atoms with Crippen LogP contribution in [0.5, 0.6) is 11.5 Å². The van der Waals surface area contributed by atoms with E-state index in [1.165, 1.54) is 30.3 Å². The van der Waals surface area contributed by atoms with E-state index in [9.17, 15) is 22.8 Å². The van der Waals surface area contributed by atoms with Crippen molar-refractivity contribution in [1.29, 1.82) is 0 Å². The van der Waals surface area contributed by atoms with Gasteiger partial charge in [0.2, 0.25) is 0 Å². The number of carbonyl (C=O) groups is 2. The van der Waals surface area contributed by atoms with Crippen molar-refractivity contribution in [2.75, 3.05) is 0 Å². The van der Waals surface area contributed by atoms with Crippen LogP contribution in [0.25, 0.3) is 6.08 Å². The number of halogens is 3. The second-order valence-corrected chi connectivity index (χ2v) is 7.51. The highest BCUT2D eigenvalue weighted by Gasteiger charge is 2.30. The van der Waals surface area contributed by atoms with Crippen LogP contribution in [0.15, 0.2) is 78.9 Å². The lowest BCUT2D eigenvalue weighted by Gasteiger charge is -2.10. The maximum atomic E-state index is 12.8. The van der Waals surface area contributed by atoms with Crippen LogP contribution in [0.2, 0.25) is 0 Å². The van der Waals surface area contributed by atoms with Gasteiger partial charge in [0.25, 0.3) is 0 Å². The van der Waals surface area contributed by atoms with Crippen LogP contribution in [-0.2, 0) is 17.4 Å². The van der Waals surface area contributed by atoms with Crippen LogP contribution < -0.4 is 9.47 Å². The summed E-state index contributed by atoms with van der Waals surface area (Å²) >= 11 is 0. The minimum Gasteiger partial charge on any atom is -0.419 e. The Balaban J connectivity index is 1.66. The number of para-hydroxylation sites is 2. The number of esters is 2. The zero-order valence-electron chi connectivity index (χ0n) is 18.5. The van der Waals surface area contributed by atoms with Gasteiger partial charge in [-0.25, -0.2) is 9.59 Å². The predicted octanol–water partition coefficient (Wildman–Crippen LogP) is 6.89. The summed E-state index contributed by atoms with van der Waals surface area (Å²) in [5.41, 5.74) is 0.846. The molecule has 0 N–H and O–H groups in total. The molecule has 0 fully saturated rings. The van der Waals surface area contributed by atoms with Crippen molar-refractivity contribution in [3.05, 3.63) is 101 Å². The topological polar surface area (TPSA) is 52.6 Å². The molecule has 176 valence electrons. The summed E-state index contributed by atoms with van der Waals surface area (Å²) in [4.78, 5) is 24.8. The summed E-state index contributed by atoms with van der Waals surface area (Å²) < 4.78 is 49.2. The molecule has 0 atom stereocenters. The SMILES string of the molecule is CCCCc1ccc(C(=O)Oc2ccccc2OC(=O)/C=C/c2cccc(C(F)(F)F)c2)cc1. The maximum Gasteiger partial charge on any atom is 0.416 e. The van der Waals surface area contributed by atoms with E-state index < -0.39 is 23.7 Å². The van der Waals surface area contributed by atoms with E-state index in [1.54, 1.807) is 24.3 Å². The lowest BCUT2D eigenvalue weighted by Crippen LogP contribution is -2.11. The largest absolute Gasteiger partial charge is 0.419 e. The minimum atomic E-state index is -4.48. The van der Waals surface area contributed by atoms with Gasteiger partial charge in [0.15, 0.2) is 11.5 Å². The van der Waals surface area contributed by atoms with Gasteiger partial charge in [-0.1, -0.05) is 49.7 Å². The minimum absolute atomic E-state index is 0.00843. The number of benzene rings is 3. The Labute approximate surface area is 195 Å². The zero-order chi connectivity index (χ0) is 24.6. The lowest BCUT2D eigenvalue weighted by atomic mass is 10.1. The van der Waals surface area contributed by atoms with Gasteiger partial charge < -0.3 is 9.47 Å². The number of hydrogen-bond acceptors (Lipinski definition) is 4. The molecule has 0 radical (unpaired) electrons. The van der Waals surface area contributed by atoms with Crippen LogP contribution >= 0.6 is 0 Å². The number of hydrogen-bond donors (Lipinski definition) is 0. The monoisotopic (exact) mass is 468 g/mol. The third-order valence-electron chi connectivity index (χ3n) is 4.90. The fraction of sp³-hybridized carbons (Fsp3) is 0.185. The lowest BCUT2D eigenvalue weighted by molar-refractivity contribution is -0.137. The summed E-state index contributed by atoms with van der Waals surface area (Å²) in [7, 11) is 0. The number of carbonyl (C=O) groups excluding carboxylic acids is 2. The molecule has 34 heavy (non-hydrogen) atoms. The van der Waals surface area contributed by atoms with Crippen molar-refractivity contribution in [2.24, 2.45) is 0 Å². The molecular formula is C27H23F3O4. The Bertz CT molecular complexity index is 1160. The first-order valence-electron chi connectivity index (χ1n) is 10.7. The average Bonchev–Trinajstić information content (AvgIpc) is 2.82. The van der Waals surface area contributed by atoms with E-state index in [4.69, 9.17) is 9.47 Å². The summed E-state index contributed by atoms with van der Waals surface area (Å²) in [5, 5.41) is 0. The predicted molar refractivity (Wildman–Crippen MR) is 123 cm³/mol. The van der Waals surface area contributed by atoms with Crippen LogP contribution in [0.3, 0.4) is 0 Å². The van der Waals surface area contributed by atoms with Gasteiger partial charge in [-0.05, 0) is 66.4 Å². The van der Waals surface area contributed by atoms with E-state index >= 15 is 0 Å². The molecule has 3 rings (SSSR count). The van der Waals surface area contributed by atoms with Crippen LogP contribution in [0.4, 0.5) is 13.2 Å². The number of rotatable bonds is 8. The Morgan fingerprint density at radius 1 is 0.882 bits per heavy atom. The Morgan fingerprint density at radius 3 is 2.21 bits per heavy atom. The van der Waals surface area contributed by atoms with Crippen molar-refractivity contribution in [3.8, 4) is 11.5 Å². The first kappa shape index (κ1) is 24.8. The van der Waals surface area contributed by atoms with Gasteiger partial charge in [0.1, 0.15) is 0 Å².